The maximum Gasteiger partial charge on any atom is 0.401 e. The van der Waals surface area contributed by atoms with Crippen LogP contribution in [-0.2, 0) is 11.3 Å². The highest BCUT2D eigenvalue weighted by molar-refractivity contribution is 5.78. The van der Waals surface area contributed by atoms with Crippen LogP contribution in [0.25, 0.3) is 0 Å². The zero-order valence-corrected chi connectivity index (χ0v) is 12.7. The van der Waals surface area contributed by atoms with Gasteiger partial charge in [0.25, 0.3) is 0 Å². The van der Waals surface area contributed by atoms with E-state index in [1.165, 1.54) is 4.90 Å². The van der Waals surface area contributed by atoms with E-state index in [4.69, 9.17) is 6.42 Å². The Balaban J connectivity index is 2.65. The first-order valence-corrected chi connectivity index (χ1v) is 6.74. The van der Waals surface area contributed by atoms with Crippen molar-refractivity contribution in [3.05, 3.63) is 35.4 Å². The van der Waals surface area contributed by atoms with Crippen LogP contribution in [0.4, 0.5) is 13.2 Å². The first-order valence-electron chi connectivity index (χ1n) is 6.74. The van der Waals surface area contributed by atoms with Gasteiger partial charge in [-0.15, -0.1) is 6.42 Å². The Bertz CT molecular complexity index is 549. The highest BCUT2D eigenvalue weighted by Gasteiger charge is 2.31. The lowest BCUT2D eigenvalue weighted by Gasteiger charge is -2.24. The number of benzene rings is 1. The van der Waals surface area contributed by atoms with Gasteiger partial charge in [0.2, 0.25) is 5.91 Å². The second-order valence-corrected chi connectivity index (χ2v) is 5.14. The molecule has 0 spiro atoms. The van der Waals surface area contributed by atoms with Gasteiger partial charge >= 0.3 is 6.18 Å². The van der Waals surface area contributed by atoms with Gasteiger partial charge in [0.1, 0.15) is 0 Å². The van der Waals surface area contributed by atoms with E-state index in [0.29, 0.717) is 6.54 Å². The number of terminal acetylenes is 1. The fraction of sp³-hybridized carbons (Fsp3) is 0.438. The summed E-state index contributed by atoms with van der Waals surface area (Å²) in [6, 6.07) is 7.55. The van der Waals surface area contributed by atoms with E-state index >= 15 is 0 Å². The molecule has 0 bridgehead atoms. The monoisotopic (exact) mass is 312 g/mol. The van der Waals surface area contributed by atoms with Gasteiger partial charge in [-0.1, -0.05) is 30.2 Å². The molecule has 1 aromatic carbocycles. The molecule has 1 amide bonds. The largest absolute Gasteiger partial charge is 0.401 e. The van der Waals surface area contributed by atoms with Crippen LogP contribution in [-0.4, -0.2) is 48.6 Å². The third-order valence-electron chi connectivity index (χ3n) is 3.17. The Labute approximate surface area is 128 Å². The number of nitrogens with zero attached hydrogens (tertiary/aromatic N) is 2. The normalized spacial score (nSPS) is 11.3. The maximum absolute atomic E-state index is 12.4. The smallest absolute Gasteiger partial charge is 0.340 e. The minimum Gasteiger partial charge on any atom is -0.340 e. The molecule has 0 heterocycles. The summed E-state index contributed by atoms with van der Waals surface area (Å²) < 4.78 is 37.3. The van der Waals surface area contributed by atoms with Crippen LogP contribution in [0.5, 0.6) is 0 Å². The number of hydrogen-bond acceptors (Lipinski definition) is 2. The predicted octanol–water partition coefficient (Wildman–Crippen LogP) is 2.45. The van der Waals surface area contributed by atoms with Gasteiger partial charge in [0, 0.05) is 13.6 Å². The van der Waals surface area contributed by atoms with Crippen molar-refractivity contribution in [2.75, 3.05) is 26.7 Å². The molecule has 0 aliphatic carbocycles. The minimum atomic E-state index is -4.38. The summed E-state index contributed by atoms with van der Waals surface area (Å²) >= 11 is 0. The van der Waals surface area contributed by atoms with Crippen molar-refractivity contribution in [3.63, 3.8) is 0 Å². The first-order chi connectivity index (χ1) is 10.2. The molecule has 0 unspecified atom stereocenters. The van der Waals surface area contributed by atoms with E-state index in [9.17, 15) is 18.0 Å². The quantitative estimate of drug-likeness (QED) is 0.753. The van der Waals surface area contributed by atoms with Gasteiger partial charge in [-0.05, 0) is 18.1 Å². The zero-order chi connectivity index (χ0) is 16.8. The summed E-state index contributed by atoms with van der Waals surface area (Å²) in [5.74, 6) is 1.75. The van der Waals surface area contributed by atoms with Crippen molar-refractivity contribution in [3.8, 4) is 12.3 Å². The number of carbonyl (C=O) groups excluding carboxylic acids is 1. The predicted molar refractivity (Wildman–Crippen MR) is 79.0 cm³/mol. The Hall–Kier alpha value is -2.00. The minimum absolute atomic E-state index is 0.219. The summed E-state index contributed by atoms with van der Waals surface area (Å²) in [5.41, 5.74) is 1.98. The molecule has 0 aliphatic heterocycles. The second-order valence-electron chi connectivity index (χ2n) is 5.14. The molecule has 0 N–H and O–H groups in total. The highest BCUT2D eigenvalue weighted by Crippen LogP contribution is 2.16. The average molecular weight is 312 g/mol. The zero-order valence-electron chi connectivity index (χ0n) is 12.7. The molecule has 22 heavy (non-hydrogen) atoms. The molecule has 120 valence electrons. The molecule has 6 heteroatoms. The number of amides is 1. The third kappa shape index (κ3) is 6.19. The van der Waals surface area contributed by atoms with E-state index in [0.717, 1.165) is 16.0 Å². The third-order valence-corrected chi connectivity index (χ3v) is 3.17. The van der Waals surface area contributed by atoms with Crippen LogP contribution in [0.1, 0.15) is 11.1 Å². The number of halogens is 3. The first kappa shape index (κ1) is 18.1. The van der Waals surface area contributed by atoms with Gasteiger partial charge in [-0.25, -0.2) is 0 Å². The lowest BCUT2D eigenvalue weighted by molar-refractivity contribution is -0.150. The number of alkyl halides is 3. The highest BCUT2D eigenvalue weighted by atomic mass is 19.4. The molecule has 3 nitrogen and oxygen atoms in total. The van der Waals surface area contributed by atoms with Crippen molar-refractivity contribution in [2.45, 2.75) is 19.6 Å². The van der Waals surface area contributed by atoms with Crippen molar-refractivity contribution in [2.24, 2.45) is 0 Å². The van der Waals surface area contributed by atoms with Crippen LogP contribution < -0.4 is 0 Å². The van der Waals surface area contributed by atoms with Crippen LogP contribution >= 0.6 is 0 Å². The maximum atomic E-state index is 12.4. The number of aryl methyl sites for hydroxylation is 1. The summed E-state index contributed by atoms with van der Waals surface area (Å²) in [4.78, 5) is 14.4. The number of likely N-dealkylation sites (N-methyl/N-ethyl adjacent to an activating group) is 1. The van der Waals surface area contributed by atoms with Gasteiger partial charge < -0.3 is 4.90 Å². The Morgan fingerprint density at radius 3 is 2.50 bits per heavy atom. The SMILES string of the molecule is C#CCN(CC(=O)N(C)Cc1ccccc1C)CC(F)(F)F. The number of carbonyl (C=O) groups is 1. The Kier molecular flexibility index (Phi) is 6.44. The van der Waals surface area contributed by atoms with Gasteiger partial charge in [0.15, 0.2) is 0 Å². The summed E-state index contributed by atoms with van der Waals surface area (Å²) in [6.07, 6.45) is 0.676. The van der Waals surface area contributed by atoms with Crippen LogP contribution in [0.2, 0.25) is 0 Å². The van der Waals surface area contributed by atoms with Crippen molar-refractivity contribution in [1.29, 1.82) is 0 Å². The number of hydrogen-bond donors (Lipinski definition) is 0. The number of rotatable bonds is 6. The average Bonchev–Trinajstić information content (AvgIpc) is 2.39. The van der Waals surface area contributed by atoms with Crippen LogP contribution in [0.15, 0.2) is 24.3 Å². The van der Waals surface area contributed by atoms with Crippen molar-refractivity contribution in [1.82, 2.24) is 9.80 Å². The lowest BCUT2D eigenvalue weighted by Crippen LogP contribution is -2.42. The van der Waals surface area contributed by atoms with E-state index in [1.807, 2.05) is 31.2 Å². The van der Waals surface area contributed by atoms with E-state index in [1.54, 1.807) is 7.05 Å². The fourth-order valence-electron chi connectivity index (χ4n) is 1.99. The van der Waals surface area contributed by atoms with Gasteiger partial charge in [-0.3, -0.25) is 9.69 Å². The van der Waals surface area contributed by atoms with Crippen LogP contribution in [0, 0.1) is 19.3 Å². The molecule has 0 saturated heterocycles. The summed E-state index contributed by atoms with van der Waals surface area (Å²) in [5, 5.41) is 0. The molecule has 1 rings (SSSR count). The molecule has 1 aromatic rings. The Morgan fingerprint density at radius 2 is 1.95 bits per heavy atom. The van der Waals surface area contributed by atoms with Crippen molar-refractivity contribution >= 4 is 5.91 Å². The molecular formula is C16H19F3N2O. The molecule has 0 atom stereocenters. The molecule has 0 aromatic heterocycles. The van der Waals surface area contributed by atoms with E-state index < -0.39 is 18.6 Å². The molecule has 0 radical (unpaired) electrons. The summed E-state index contributed by atoms with van der Waals surface area (Å²) in [7, 11) is 1.57. The molecular weight excluding hydrogens is 293 g/mol. The van der Waals surface area contributed by atoms with E-state index in [2.05, 4.69) is 5.92 Å². The van der Waals surface area contributed by atoms with Gasteiger partial charge in [-0.2, -0.15) is 13.2 Å². The molecule has 0 fully saturated rings. The fourth-order valence-corrected chi connectivity index (χ4v) is 1.99. The lowest BCUT2D eigenvalue weighted by atomic mass is 10.1. The Morgan fingerprint density at radius 1 is 1.32 bits per heavy atom. The molecule has 0 saturated carbocycles. The van der Waals surface area contributed by atoms with E-state index in [-0.39, 0.29) is 13.1 Å². The topological polar surface area (TPSA) is 23.6 Å². The van der Waals surface area contributed by atoms with Crippen molar-refractivity contribution < 1.29 is 18.0 Å². The summed E-state index contributed by atoms with van der Waals surface area (Å²) in [6.45, 7) is 0.500. The molecule has 0 aliphatic rings. The van der Waals surface area contributed by atoms with Gasteiger partial charge in [0.05, 0.1) is 19.6 Å². The van der Waals surface area contributed by atoms with Crippen LogP contribution in [0.3, 0.4) is 0 Å². The second kappa shape index (κ2) is 7.85. The standard InChI is InChI=1S/C16H19F3N2O/c1-4-9-21(12-16(17,18)19)11-15(22)20(3)10-14-8-6-5-7-13(14)2/h1,5-8H,9-12H2,2-3H3.